The SMILES string of the molecule is COC(=O)c1ccc(C(=O)N/N=C(\C)c2c(C)[nH]n(-c3ccc(C(F)(F)F)cc3)c2=O)cc1. The Morgan fingerprint density at radius 1 is 1.03 bits per heavy atom. The quantitative estimate of drug-likeness (QED) is 0.346. The number of carbonyl (C=O) groups excluding carboxylic acids is 2. The fraction of sp³-hybridized carbons (Fsp3) is 0.182. The van der Waals surface area contributed by atoms with E-state index < -0.39 is 29.2 Å². The molecule has 0 aliphatic carbocycles. The number of benzene rings is 2. The first-order valence-corrected chi connectivity index (χ1v) is 9.55. The van der Waals surface area contributed by atoms with Crippen LogP contribution in [0.1, 0.15) is 44.5 Å². The molecule has 0 radical (unpaired) electrons. The zero-order valence-electron chi connectivity index (χ0n) is 17.8. The largest absolute Gasteiger partial charge is 0.465 e. The van der Waals surface area contributed by atoms with E-state index in [1.165, 1.54) is 50.4 Å². The molecule has 0 aliphatic heterocycles. The highest BCUT2D eigenvalue weighted by Gasteiger charge is 2.30. The highest BCUT2D eigenvalue weighted by molar-refractivity contribution is 6.01. The monoisotopic (exact) mass is 460 g/mol. The Morgan fingerprint density at radius 3 is 2.15 bits per heavy atom. The van der Waals surface area contributed by atoms with Gasteiger partial charge in [0, 0.05) is 11.3 Å². The molecule has 3 rings (SSSR count). The predicted octanol–water partition coefficient (Wildman–Crippen LogP) is 3.43. The third-order valence-electron chi connectivity index (χ3n) is 4.78. The van der Waals surface area contributed by atoms with Gasteiger partial charge in [0.05, 0.1) is 35.2 Å². The number of ether oxygens (including phenoxy) is 1. The van der Waals surface area contributed by atoms with E-state index in [4.69, 9.17) is 0 Å². The van der Waals surface area contributed by atoms with Gasteiger partial charge in [0.2, 0.25) is 0 Å². The topological polar surface area (TPSA) is 106 Å². The van der Waals surface area contributed by atoms with E-state index in [0.717, 1.165) is 16.8 Å². The Morgan fingerprint density at radius 2 is 1.61 bits per heavy atom. The first-order valence-electron chi connectivity index (χ1n) is 9.55. The number of hydrazone groups is 1. The number of methoxy groups -OCH3 is 1. The van der Waals surface area contributed by atoms with Crippen LogP contribution in [0.15, 0.2) is 58.4 Å². The number of aromatic amines is 1. The average Bonchev–Trinajstić information content (AvgIpc) is 3.10. The number of esters is 1. The van der Waals surface area contributed by atoms with Crippen LogP contribution in [0.4, 0.5) is 13.2 Å². The van der Waals surface area contributed by atoms with Gasteiger partial charge in [-0.05, 0) is 62.4 Å². The summed E-state index contributed by atoms with van der Waals surface area (Å²) in [5.41, 5.74) is 2.46. The van der Waals surface area contributed by atoms with Crippen molar-refractivity contribution in [3.63, 3.8) is 0 Å². The van der Waals surface area contributed by atoms with Crippen LogP contribution in [0.5, 0.6) is 0 Å². The number of aryl methyl sites for hydroxylation is 1. The van der Waals surface area contributed by atoms with E-state index in [-0.39, 0.29) is 28.1 Å². The van der Waals surface area contributed by atoms with Crippen LogP contribution in [-0.4, -0.2) is 34.5 Å². The first kappa shape index (κ1) is 23.5. The number of nitrogens with one attached hydrogen (secondary N) is 2. The predicted molar refractivity (Wildman–Crippen MR) is 114 cm³/mol. The van der Waals surface area contributed by atoms with Crippen LogP contribution in [0.3, 0.4) is 0 Å². The molecule has 0 spiro atoms. The van der Waals surface area contributed by atoms with Gasteiger partial charge in [-0.1, -0.05) is 0 Å². The molecule has 0 unspecified atom stereocenters. The summed E-state index contributed by atoms with van der Waals surface area (Å²) >= 11 is 0. The normalized spacial score (nSPS) is 11.9. The molecule has 1 aromatic heterocycles. The maximum atomic E-state index is 12.8. The molecule has 2 aromatic carbocycles. The fourth-order valence-corrected chi connectivity index (χ4v) is 3.08. The van der Waals surface area contributed by atoms with Crippen molar-refractivity contribution in [3.05, 3.63) is 86.8 Å². The van der Waals surface area contributed by atoms with Gasteiger partial charge >= 0.3 is 12.1 Å². The minimum Gasteiger partial charge on any atom is -0.465 e. The van der Waals surface area contributed by atoms with Crippen LogP contribution >= 0.6 is 0 Å². The molecule has 1 heterocycles. The van der Waals surface area contributed by atoms with E-state index in [1.54, 1.807) is 6.92 Å². The molecule has 0 atom stereocenters. The van der Waals surface area contributed by atoms with Crippen molar-refractivity contribution in [2.45, 2.75) is 20.0 Å². The van der Waals surface area contributed by atoms with Crippen molar-refractivity contribution in [2.75, 3.05) is 7.11 Å². The van der Waals surface area contributed by atoms with E-state index in [1.807, 2.05) is 0 Å². The number of carbonyl (C=O) groups is 2. The second kappa shape index (κ2) is 9.15. The average molecular weight is 460 g/mol. The van der Waals surface area contributed by atoms with Gasteiger partial charge in [0.1, 0.15) is 0 Å². The molecule has 0 saturated heterocycles. The van der Waals surface area contributed by atoms with Crippen molar-refractivity contribution >= 4 is 17.6 Å². The summed E-state index contributed by atoms with van der Waals surface area (Å²) in [6.45, 7) is 3.11. The number of hydrogen-bond acceptors (Lipinski definition) is 5. The molecule has 3 aromatic rings. The van der Waals surface area contributed by atoms with Gasteiger partial charge in [0.15, 0.2) is 0 Å². The van der Waals surface area contributed by atoms with Gasteiger partial charge in [-0.25, -0.2) is 14.9 Å². The maximum Gasteiger partial charge on any atom is 0.416 e. The summed E-state index contributed by atoms with van der Waals surface area (Å²) in [5, 5.41) is 6.76. The van der Waals surface area contributed by atoms with Gasteiger partial charge in [0.25, 0.3) is 11.5 Å². The Labute approximate surface area is 185 Å². The number of aromatic nitrogens is 2. The van der Waals surface area contributed by atoms with Gasteiger partial charge in [-0.2, -0.15) is 18.3 Å². The highest BCUT2D eigenvalue weighted by Crippen LogP contribution is 2.29. The fourth-order valence-electron chi connectivity index (χ4n) is 3.08. The number of nitrogens with zero attached hydrogens (tertiary/aromatic N) is 2. The van der Waals surface area contributed by atoms with Crippen LogP contribution in [0.25, 0.3) is 5.69 Å². The maximum absolute atomic E-state index is 12.8. The van der Waals surface area contributed by atoms with Crippen molar-refractivity contribution in [3.8, 4) is 5.69 Å². The number of hydrogen-bond donors (Lipinski definition) is 2. The summed E-state index contributed by atoms with van der Waals surface area (Å²) < 4.78 is 44.0. The summed E-state index contributed by atoms with van der Waals surface area (Å²) in [7, 11) is 1.25. The third-order valence-corrected chi connectivity index (χ3v) is 4.78. The third kappa shape index (κ3) is 5.03. The second-order valence-corrected chi connectivity index (χ2v) is 7.00. The van der Waals surface area contributed by atoms with Gasteiger partial charge < -0.3 is 4.74 Å². The number of rotatable bonds is 5. The van der Waals surface area contributed by atoms with E-state index in [9.17, 15) is 27.6 Å². The molecule has 172 valence electrons. The molecule has 1 amide bonds. The molecule has 0 bridgehead atoms. The Balaban J connectivity index is 1.81. The van der Waals surface area contributed by atoms with Crippen LogP contribution in [0.2, 0.25) is 0 Å². The zero-order valence-corrected chi connectivity index (χ0v) is 17.8. The van der Waals surface area contributed by atoms with Crippen LogP contribution in [-0.2, 0) is 10.9 Å². The number of alkyl halides is 3. The van der Waals surface area contributed by atoms with E-state index in [2.05, 4.69) is 20.4 Å². The van der Waals surface area contributed by atoms with Gasteiger partial charge in [-0.3, -0.25) is 14.7 Å². The van der Waals surface area contributed by atoms with Crippen LogP contribution in [0, 0.1) is 6.92 Å². The smallest absolute Gasteiger partial charge is 0.416 e. The molecule has 0 saturated carbocycles. The number of halogens is 3. The number of H-pyrrole nitrogens is 1. The number of amides is 1. The molecule has 0 aliphatic rings. The Kier molecular flexibility index (Phi) is 6.52. The molecule has 33 heavy (non-hydrogen) atoms. The lowest BCUT2D eigenvalue weighted by molar-refractivity contribution is -0.137. The van der Waals surface area contributed by atoms with Crippen molar-refractivity contribution in [2.24, 2.45) is 5.10 Å². The highest BCUT2D eigenvalue weighted by atomic mass is 19.4. The summed E-state index contributed by atoms with van der Waals surface area (Å²) in [5.74, 6) is -1.11. The summed E-state index contributed by atoms with van der Waals surface area (Å²) in [6, 6.07) is 9.81. The Bertz CT molecular complexity index is 1270. The lowest BCUT2D eigenvalue weighted by Crippen LogP contribution is -2.23. The molecule has 0 fully saturated rings. The lowest BCUT2D eigenvalue weighted by Gasteiger charge is -2.07. The molecule has 11 heteroatoms. The standard InChI is InChI=1S/C22H19F3N4O4/c1-12(26-27-19(30)14-4-6-15(7-5-14)21(32)33-3)18-13(2)28-29(20(18)31)17-10-8-16(9-11-17)22(23,24)25/h4-11,28H,1-3H3,(H,27,30)/b26-12+. The second-order valence-electron chi connectivity index (χ2n) is 7.00. The van der Waals surface area contributed by atoms with Crippen molar-refractivity contribution in [1.82, 2.24) is 15.2 Å². The van der Waals surface area contributed by atoms with E-state index >= 15 is 0 Å². The zero-order chi connectivity index (χ0) is 24.3. The summed E-state index contributed by atoms with van der Waals surface area (Å²) in [6.07, 6.45) is -4.48. The van der Waals surface area contributed by atoms with Crippen molar-refractivity contribution < 1.29 is 27.5 Å². The minimum atomic E-state index is -4.48. The van der Waals surface area contributed by atoms with Gasteiger partial charge in [-0.15, -0.1) is 0 Å². The summed E-state index contributed by atoms with van der Waals surface area (Å²) in [4.78, 5) is 36.6. The molecule has 8 nitrogen and oxygen atoms in total. The Hall–Kier alpha value is -4.15. The van der Waals surface area contributed by atoms with Crippen LogP contribution < -0.4 is 11.0 Å². The molecular formula is C22H19F3N4O4. The first-order chi connectivity index (χ1) is 15.5. The minimum absolute atomic E-state index is 0.163. The van der Waals surface area contributed by atoms with Crippen molar-refractivity contribution in [1.29, 1.82) is 0 Å². The lowest BCUT2D eigenvalue weighted by atomic mass is 10.1. The molecular weight excluding hydrogens is 441 g/mol. The molecule has 2 N–H and O–H groups in total. The van der Waals surface area contributed by atoms with E-state index in [0.29, 0.717) is 5.69 Å².